The monoisotopic (exact) mass is 180 g/mol. The number of aliphatic hydroxyl groups is 3. The third-order valence-corrected chi connectivity index (χ3v) is 2.29. The van der Waals surface area contributed by atoms with Crippen LogP contribution in [-0.4, -0.2) is 40.6 Å². The van der Waals surface area contributed by atoms with E-state index in [1.54, 1.807) is 0 Å². The van der Waals surface area contributed by atoms with Gasteiger partial charge in [0.2, 0.25) is 0 Å². The molecule has 0 bridgehead atoms. The fraction of sp³-hybridized carbons (Fsp3) is 1.00. The van der Waals surface area contributed by atoms with Gasteiger partial charge in [-0.25, -0.2) is 0 Å². The van der Waals surface area contributed by atoms with Crippen molar-refractivity contribution in [2.75, 3.05) is 19.8 Å². The first-order valence-electron chi connectivity index (χ1n) is 4.07. The predicted octanol–water partition coefficient (Wildman–Crippen LogP) is -0.685. The van der Waals surface area contributed by atoms with E-state index >= 15 is 0 Å². The highest BCUT2D eigenvalue weighted by molar-refractivity contribution is 4.75. The molecule has 0 atom stereocenters. The molecule has 12 heavy (non-hydrogen) atoms. The van der Waals surface area contributed by atoms with Crippen molar-refractivity contribution in [1.82, 2.24) is 0 Å². The lowest BCUT2D eigenvalue weighted by Crippen LogP contribution is -2.29. The third-order valence-electron chi connectivity index (χ3n) is 2.29. The van der Waals surface area contributed by atoms with E-state index in [-0.39, 0.29) is 30.7 Å². The molecule has 0 aliphatic rings. The number of rotatable bonds is 6. The van der Waals surface area contributed by atoms with Gasteiger partial charge in [0.05, 0.1) is 13.2 Å². The first-order valence-corrected chi connectivity index (χ1v) is 4.07. The molecule has 0 saturated heterocycles. The average Bonchev–Trinajstić information content (AvgIpc) is 2.08. The zero-order valence-corrected chi connectivity index (χ0v) is 7.58. The summed E-state index contributed by atoms with van der Waals surface area (Å²) in [6.45, 7) is 2.06. The summed E-state index contributed by atoms with van der Waals surface area (Å²) in [6.07, 6.45) is 2.09. The van der Waals surface area contributed by atoms with Crippen molar-refractivity contribution in [3.63, 3.8) is 0 Å². The fourth-order valence-electron chi connectivity index (χ4n) is 1.06. The van der Waals surface area contributed by atoms with Gasteiger partial charge in [0.1, 0.15) is 0 Å². The first kappa shape index (κ1) is 14.4. The van der Waals surface area contributed by atoms with Crippen molar-refractivity contribution in [2.24, 2.45) is 5.41 Å². The van der Waals surface area contributed by atoms with Crippen LogP contribution in [0.15, 0.2) is 0 Å². The summed E-state index contributed by atoms with van der Waals surface area (Å²) in [5, 5.41) is 26.5. The zero-order chi connectivity index (χ0) is 8.74. The second-order valence-corrected chi connectivity index (χ2v) is 3.00. The smallest absolute Gasteiger partial charge is 0.0509 e. The molecule has 76 valence electrons. The van der Waals surface area contributed by atoms with Crippen LogP contribution in [0.1, 0.15) is 26.2 Å². The Morgan fingerprint density at radius 1 is 1.08 bits per heavy atom. The molecule has 0 aliphatic heterocycles. The van der Waals surface area contributed by atoms with Gasteiger partial charge < -0.3 is 20.8 Å². The lowest BCUT2D eigenvalue weighted by Gasteiger charge is -2.27. The van der Waals surface area contributed by atoms with Gasteiger partial charge in [-0.05, 0) is 19.3 Å². The predicted molar refractivity (Wildman–Crippen MR) is 46.8 cm³/mol. The van der Waals surface area contributed by atoms with Crippen LogP contribution in [0.5, 0.6) is 0 Å². The molecule has 0 radical (unpaired) electrons. The highest BCUT2D eigenvalue weighted by Gasteiger charge is 2.25. The quantitative estimate of drug-likeness (QED) is 0.505. The molecule has 5 N–H and O–H groups in total. The van der Waals surface area contributed by atoms with Gasteiger partial charge in [0.15, 0.2) is 0 Å². The molecule has 0 fully saturated rings. The second-order valence-electron chi connectivity index (χ2n) is 3.00. The van der Waals surface area contributed by atoms with E-state index in [9.17, 15) is 0 Å². The van der Waals surface area contributed by atoms with E-state index in [2.05, 4.69) is 0 Å². The molecule has 0 aromatic heterocycles. The van der Waals surface area contributed by atoms with Crippen LogP contribution in [0.25, 0.3) is 0 Å². The molecule has 0 aromatic rings. The maximum atomic E-state index is 8.96. The van der Waals surface area contributed by atoms with Crippen LogP contribution in [0.4, 0.5) is 0 Å². The molecule has 0 aliphatic carbocycles. The van der Waals surface area contributed by atoms with Crippen molar-refractivity contribution in [3.05, 3.63) is 0 Å². The topological polar surface area (TPSA) is 92.2 Å². The third kappa shape index (κ3) is 4.01. The van der Waals surface area contributed by atoms with E-state index in [0.717, 1.165) is 6.42 Å². The molecule has 0 rings (SSSR count). The molecule has 4 heteroatoms. The van der Waals surface area contributed by atoms with Crippen LogP contribution >= 0.6 is 0 Å². The Morgan fingerprint density at radius 2 is 1.58 bits per heavy atom. The Balaban J connectivity index is 0. The normalized spacial score (nSPS) is 11.0. The Bertz CT molecular complexity index is 82.8. The van der Waals surface area contributed by atoms with E-state index in [0.29, 0.717) is 12.8 Å². The van der Waals surface area contributed by atoms with Crippen molar-refractivity contribution >= 4 is 0 Å². The molecular formula is C8H20O4. The molecule has 4 nitrogen and oxygen atoms in total. The number of hydrogen-bond acceptors (Lipinski definition) is 3. The van der Waals surface area contributed by atoms with Crippen LogP contribution in [0.3, 0.4) is 0 Å². The van der Waals surface area contributed by atoms with E-state index in [1.165, 1.54) is 0 Å². The molecule has 0 spiro atoms. The lowest BCUT2D eigenvalue weighted by atomic mass is 9.82. The molecule has 0 unspecified atom stereocenters. The molecular weight excluding hydrogens is 160 g/mol. The Labute approximate surface area is 73.2 Å². The van der Waals surface area contributed by atoms with Crippen molar-refractivity contribution in [1.29, 1.82) is 0 Å². The van der Waals surface area contributed by atoms with Crippen LogP contribution < -0.4 is 0 Å². The van der Waals surface area contributed by atoms with Crippen LogP contribution in [-0.2, 0) is 0 Å². The summed E-state index contributed by atoms with van der Waals surface area (Å²) in [4.78, 5) is 0. The summed E-state index contributed by atoms with van der Waals surface area (Å²) >= 11 is 0. The van der Waals surface area contributed by atoms with E-state index in [4.69, 9.17) is 15.3 Å². The van der Waals surface area contributed by atoms with Crippen molar-refractivity contribution in [2.45, 2.75) is 26.2 Å². The molecule has 0 aromatic carbocycles. The first-order chi connectivity index (χ1) is 5.24. The average molecular weight is 180 g/mol. The van der Waals surface area contributed by atoms with Gasteiger partial charge in [-0.3, -0.25) is 0 Å². The van der Waals surface area contributed by atoms with Crippen molar-refractivity contribution in [3.8, 4) is 0 Å². The van der Waals surface area contributed by atoms with Gasteiger partial charge in [-0.2, -0.15) is 0 Å². The fourth-order valence-corrected chi connectivity index (χ4v) is 1.06. The highest BCUT2D eigenvalue weighted by atomic mass is 16.3. The highest BCUT2D eigenvalue weighted by Crippen LogP contribution is 2.26. The maximum absolute atomic E-state index is 8.96. The summed E-state index contributed by atoms with van der Waals surface area (Å²) < 4.78 is 0. The second kappa shape index (κ2) is 7.49. The Morgan fingerprint density at radius 3 is 1.83 bits per heavy atom. The van der Waals surface area contributed by atoms with Crippen LogP contribution in [0, 0.1) is 5.41 Å². The largest absolute Gasteiger partial charge is 0.412 e. The Kier molecular flexibility index (Phi) is 8.97. The standard InChI is InChI=1S/C8H18O3.H2O/c1-2-8(6-10,7-11)4-3-5-9;/h9-11H,2-7H2,1H3;1H2. The van der Waals surface area contributed by atoms with Gasteiger partial charge in [-0.15, -0.1) is 0 Å². The van der Waals surface area contributed by atoms with Gasteiger partial charge in [0, 0.05) is 12.0 Å². The van der Waals surface area contributed by atoms with E-state index < -0.39 is 0 Å². The van der Waals surface area contributed by atoms with Gasteiger partial charge in [-0.1, -0.05) is 6.92 Å². The molecule has 0 saturated carbocycles. The number of hydrogen-bond donors (Lipinski definition) is 3. The summed E-state index contributed by atoms with van der Waals surface area (Å²) in [5.74, 6) is 0. The zero-order valence-electron chi connectivity index (χ0n) is 7.58. The Hall–Kier alpha value is -0.160. The van der Waals surface area contributed by atoms with E-state index in [1.807, 2.05) is 6.92 Å². The minimum Gasteiger partial charge on any atom is -0.412 e. The van der Waals surface area contributed by atoms with Gasteiger partial charge in [0.25, 0.3) is 0 Å². The van der Waals surface area contributed by atoms with Gasteiger partial charge >= 0.3 is 0 Å². The maximum Gasteiger partial charge on any atom is 0.0509 e. The summed E-state index contributed by atoms with van der Waals surface area (Å²) in [6, 6.07) is 0. The lowest BCUT2D eigenvalue weighted by molar-refractivity contribution is 0.0383. The van der Waals surface area contributed by atoms with Crippen molar-refractivity contribution < 1.29 is 20.8 Å². The minimum absolute atomic E-state index is 0. The SMILES string of the molecule is CCC(CO)(CO)CCCO.O. The van der Waals surface area contributed by atoms with Crippen LogP contribution in [0.2, 0.25) is 0 Å². The summed E-state index contributed by atoms with van der Waals surface area (Å²) in [5.41, 5.74) is -0.372. The molecule has 0 amide bonds. The summed E-state index contributed by atoms with van der Waals surface area (Å²) in [7, 11) is 0. The minimum atomic E-state index is -0.372. The number of aliphatic hydroxyl groups excluding tert-OH is 3. The molecule has 0 heterocycles.